The van der Waals surface area contributed by atoms with Gasteiger partial charge < -0.3 is 0 Å². The number of halogens is 2. The van der Waals surface area contributed by atoms with Crippen LogP contribution in [-0.4, -0.2) is 14.8 Å². The Balaban J connectivity index is 2.13. The molecule has 2 aromatic carbocycles. The maximum absolute atomic E-state index is 6.21. The Morgan fingerprint density at radius 1 is 1.00 bits per heavy atom. The van der Waals surface area contributed by atoms with Crippen molar-refractivity contribution in [1.82, 2.24) is 14.8 Å². The highest BCUT2D eigenvalue weighted by Gasteiger charge is 2.11. The standard InChI is InChI=1S/C14H9BrClN3/c15-10-5-7-11(8-6-10)19-9-17-18-14(19)12-3-1-2-4-13(12)16/h1-9H. The van der Waals surface area contributed by atoms with Gasteiger partial charge >= 0.3 is 0 Å². The van der Waals surface area contributed by atoms with Crippen LogP contribution in [0.3, 0.4) is 0 Å². The van der Waals surface area contributed by atoms with Gasteiger partial charge in [-0.3, -0.25) is 4.57 Å². The number of hydrogen-bond acceptors (Lipinski definition) is 2. The Hall–Kier alpha value is -1.65. The molecule has 94 valence electrons. The van der Waals surface area contributed by atoms with Crippen molar-refractivity contribution >= 4 is 27.5 Å². The van der Waals surface area contributed by atoms with Gasteiger partial charge in [-0.2, -0.15) is 0 Å². The molecular weight excluding hydrogens is 326 g/mol. The van der Waals surface area contributed by atoms with Crippen LogP contribution in [0.1, 0.15) is 0 Å². The molecular formula is C14H9BrClN3. The first-order valence-electron chi connectivity index (χ1n) is 5.66. The van der Waals surface area contributed by atoms with Crippen LogP contribution in [0, 0.1) is 0 Å². The number of hydrogen-bond donors (Lipinski definition) is 0. The Morgan fingerprint density at radius 2 is 1.74 bits per heavy atom. The van der Waals surface area contributed by atoms with Crippen molar-refractivity contribution in [2.45, 2.75) is 0 Å². The zero-order valence-electron chi connectivity index (χ0n) is 9.79. The second-order valence-corrected chi connectivity index (χ2v) is 5.30. The molecule has 0 radical (unpaired) electrons. The first-order valence-corrected chi connectivity index (χ1v) is 6.83. The third-order valence-corrected chi connectivity index (χ3v) is 3.63. The summed E-state index contributed by atoms with van der Waals surface area (Å²) in [6.45, 7) is 0. The Kier molecular flexibility index (Phi) is 3.36. The minimum Gasteiger partial charge on any atom is -0.282 e. The van der Waals surface area contributed by atoms with Gasteiger partial charge in [0.1, 0.15) is 6.33 Å². The molecule has 0 aliphatic carbocycles. The van der Waals surface area contributed by atoms with Gasteiger partial charge in [-0.1, -0.05) is 39.7 Å². The van der Waals surface area contributed by atoms with Gasteiger partial charge in [0.25, 0.3) is 0 Å². The molecule has 19 heavy (non-hydrogen) atoms. The normalized spacial score (nSPS) is 10.6. The van der Waals surface area contributed by atoms with Crippen LogP contribution in [0.15, 0.2) is 59.3 Å². The lowest BCUT2D eigenvalue weighted by Crippen LogP contribution is -1.96. The summed E-state index contributed by atoms with van der Waals surface area (Å²) in [5.41, 5.74) is 1.85. The van der Waals surface area contributed by atoms with E-state index in [9.17, 15) is 0 Å². The van der Waals surface area contributed by atoms with E-state index < -0.39 is 0 Å². The number of rotatable bonds is 2. The fraction of sp³-hybridized carbons (Fsp3) is 0. The summed E-state index contributed by atoms with van der Waals surface area (Å²) in [6.07, 6.45) is 1.68. The van der Waals surface area contributed by atoms with Crippen molar-refractivity contribution in [3.63, 3.8) is 0 Å². The van der Waals surface area contributed by atoms with E-state index in [-0.39, 0.29) is 0 Å². The molecule has 0 unspecified atom stereocenters. The van der Waals surface area contributed by atoms with Crippen LogP contribution >= 0.6 is 27.5 Å². The predicted octanol–water partition coefficient (Wildman–Crippen LogP) is 4.35. The molecule has 0 N–H and O–H groups in total. The molecule has 0 spiro atoms. The zero-order valence-corrected chi connectivity index (χ0v) is 12.1. The van der Waals surface area contributed by atoms with Crippen LogP contribution in [0.5, 0.6) is 0 Å². The second-order valence-electron chi connectivity index (χ2n) is 3.98. The Bertz CT molecular complexity index is 707. The van der Waals surface area contributed by atoms with Crippen molar-refractivity contribution < 1.29 is 0 Å². The molecule has 0 atom stereocenters. The van der Waals surface area contributed by atoms with Crippen LogP contribution in [0.25, 0.3) is 17.1 Å². The highest BCUT2D eigenvalue weighted by Crippen LogP contribution is 2.27. The average molecular weight is 335 g/mol. The van der Waals surface area contributed by atoms with E-state index in [0.29, 0.717) is 5.02 Å². The fourth-order valence-electron chi connectivity index (χ4n) is 1.85. The molecule has 0 saturated heterocycles. The van der Waals surface area contributed by atoms with E-state index in [2.05, 4.69) is 26.1 Å². The summed E-state index contributed by atoms with van der Waals surface area (Å²) >= 11 is 9.63. The van der Waals surface area contributed by atoms with E-state index in [0.717, 1.165) is 21.5 Å². The Morgan fingerprint density at radius 3 is 2.47 bits per heavy atom. The van der Waals surface area contributed by atoms with Gasteiger partial charge in [0.15, 0.2) is 5.82 Å². The SMILES string of the molecule is Clc1ccccc1-c1nncn1-c1ccc(Br)cc1. The molecule has 3 aromatic rings. The minimum atomic E-state index is 0.661. The monoisotopic (exact) mass is 333 g/mol. The largest absolute Gasteiger partial charge is 0.282 e. The van der Waals surface area contributed by atoms with E-state index in [4.69, 9.17) is 11.6 Å². The third kappa shape index (κ3) is 2.41. The lowest BCUT2D eigenvalue weighted by Gasteiger charge is -2.07. The Labute approximate surface area is 124 Å². The van der Waals surface area contributed by atoms with Crippen LogP contribution in [0.4, 0.5) is 0 Å². The van der Waals surface area contributed by atoms with E-state index >= 15 is 0 Å². The van der Waals surface area contributed by atoms with E-state index in [1.165, 1.54) is 0 Å². The van der Waals surface area contributed by atoms with E-state index in [1.54, 1.807) is 6.33 Å². The van der Waals surface area contributed by atoms with Crippen molar-refractivity contribution in [3.05, 3.63) is 64.4 Å². The summed E-state index contributed by atoms with van der Waals surface area (Å²) in [6, 6.07) is 15.5. The summed E-state index contributed by atoms with van der Waals surface area (Å²) in [5.74, 6) is 0.730. The molecule has 0 fully saturated rings. The predicted molar refractivity (Wildman–Crippen MR) is 79.5 cm³/mol. The van der Waals surface area contributed by atoms with Crippen molar-refractivity contribution in [1.29, 1.82) is 0 Å². The van der Waals surface area contributed by atoms with Crippen LogP contribution < -0.4 is 0 Å². The van der Waals surface area contributed by atoms with Gasteiger partial charge in [-0.15, -0.1) is 10.2 Å². The minimum absolute atomic E-state index is 0.661. The maximum atomic E-state index is 6.21. The first kappa shape index (κ1) is 12.4. The van der Waals surface area contributed by atoms with Crippen LogP contribution in [0.2, 0.25) is 5.02 Å². The number of nitrogens with zero attached hydrogens (tertiary/aromatic N) is 3. The molecule has 3 rings (SSSR count). The molecule has 0 aliphatic heterocycles. The molecule has 1 heterocycles. The number of benzene rings is 2. The third-order valence-electron chi connectivity index (χ3n) is 2.77. The fourth-order valence-corrected chi connectivity index (χ4v) is 2.34. The maximum Gasteiger partial charge on any atom is 0.169 e. The molecule has 5 heteroatoms. The highest BCUT2D eigenvalue weighted by atomic mass is 79.9. The molecule has 3 nitrogen and oxygen atoms in total. The molecule has 0 aliphatic rings. The smallest absolute Gasteiger partial charge is 0.169 e. The van der Waals surface area contributed by atoms with Gasteiger partial charge in [-0.25, -0.2) is 0 Å². The van der Waals surface area contributed by atoms with Gasteiger partial charge in [0.2, 0.25) is 0 Å². The second kappa shape index (κ2) is 5.15. The van der Waals surface area contributed by atoms with Gasteiger partial charge in [-0.05, 0) is 36.4 Å². The molecule has 0 amide bonds. The van der Waals surface area contributed by atoms with Crippen LogP contribution in [-0.2, 0) is 0 Å². The molecule has 0 saturated carbocycles. The lowest BCUT2D eigenvalue weighted by atomic mass is 10.2. The first-order chi connectivity index (χ1) is 9.25. The lowest BCUT2D eigenvalue weighted by molar-refractivity contribution is 1.06. The van der Waals surface area contributed by atoms with Gasteiger partial charge in [0, 0.05) is 15.7 Å². The summed E-state index contributed by atoms with van der Waals surface area (Å²) in [7, 11) is 0. The average Bonchev–Trinajstić information content (AvgIpc) is 2.89. The van der Waals surface area contributed by atoms with Gasteiger partial charge in [0.05, 0.1) is 5.02 Å². The quantitative estimate of drug-likeness (QED) is 0.697. The van der Waals surface area contributed by atoms with Crippen molar-refractivity contribution in [2.75, 3.05) is 0 Å². The molecule has 0 bridgehead atoms. The van der Waals surface area contributed by atoms with Crippen molar-refractivity contribution in [2.24, 2.45) is 0 Å². The number of aromatic nitrogens is 3. The topological polar surface area (TPSA) is 30.7 Å². The molecule has 1 aromatic heterocycles. The van der Waals surface area contributed by atoms with Crippen molar-refractivity contribution in [3.8, 4) is 17.1 Å². The highest BCUT2D eigenvalue weighted by molar-refractivity contribution is 9.10. The summed E-state index contributed by atoms with van der Waals surface area (Å²) in [4.78, 5) is 0. The van der Waals surface area contributed by atoms with E-state index in [1.807, 2.05) is 53.1 Å². The zero-order chi connectivity index (χ0) is 13.2. The summed E-state index contributed by atoms with van der Waals surface area (Å²) in [5, 5.41) is 8.80. The summed E-state index contributed by atoms with van der Waals surface area (Å²) < 4.78 is 2.94.